The third kappa shape index (κ3) is 6.44. The second-order valence-corrected chi connectivity index (χ2v) is 6.90. The predicted octanol–water partition coefficient (Wildman–Crippen LogP) is 3.26. The fraction of sp³-hybridized carbons (Fsp3) is 0.333. The Morgan fingerprint density at radius 3 is 2.41 bits per heavy atom. The standard InChI is InChI=1S/C21H24FN3O3.ClH/c22-17-6-2-3-7-18(17)25-20(26)13-28-19-8-4-1-5-16(19)21(27)24-15-11-9-14(23)10-12-15;/h1-8,14-15H,9-13,23H2,(H,24,27)(H,25,26);1H. The summed E-state index contributed by atoms with van der Waals surface area (Å²) in [5, 5.41) is 5.45. The second kappa shape index (κ2) is 10.8. The van der Waals surface area contributed by atoms with Crippen LogP contribution in [0.2, 0.25) is 0 Å². The van der Waals surface area contributed by atoms with E-state index < -0.39 is 11.7 Å². The van der Waals surface area contributed by atoms with Crippen LogP contribution in [0.25, 0.3) is 0 Å². The summed E-state index contributed by atoms with van der Waals surface area (Å²) >= 11 is 0. The molecule has 0 aromatic heterocycles. The van der Waals surface area contributed by atoms with Crippen LogP contribution in [0.3, 0.4) is 0 Å². The van der Waals surface area contributed by atoms with Crippen LogP contribution in [-0.2, 0) is 4.79 Å². The number of benzene rings is 2. The van der Waals surface area contributed by atoms with Crippen molar-refractivity contribution in [1.29, 1.82) is 0 Å². The van der Waals surface area contributed by atoms with Crippen molar-refractivity contribution in [3.63, 3.8) is 0 Å². The summed E-state index contributed by atoms with van der Waals surface area (Å²) in [5.74, 6) is -0.980. The molecule has 1 aliphatic carbocycles. The number of rotatable bonds is 6. The molecule has 0 radical (unpaired) electrons. The third-order valence-corrected chi connectivity index (χ3v) is 4.75. The van der Waals surface area contributed by atoms with Gasteiger partial charge in [-0.25, -0.2) is 4.39 Å². The van der Waals surface area contributed by atoms with Crippen LogP contribution < -0.4 is 21.1 Å². The Bertz CT molecular complexity index is 841. The molecule has 8 heteroatoms. The van der Waals surface area contributed by atoms with Crippen molar-refractivity contribution in [3.05, 3.63) is 59.9 Å². The minimum absolute atomic E-state index is 0. The smallest absolute Gasteiger partial charge is 0.262 e. The normalized spacial score (nSPS) is 18.3. The summed E-state index contributed by atoms with van der Waals surface area (Å²) in [7, 11) is 0. The maximum atomic E-state index is 13.6. The molecule has 2 aromatic rings. The lowest BCUT2D eigenvalue weighted by atomic mass is 9.91. The van der Waals surface area contributed by atoms with Crippen molar-refractivity contribution in [2.24, 2.45) is 5.73 Å². The number of hydrogen-bond donors (Lipinski definition) is 3. The van der Waals surface area contributed by atoms with Crippen molar-refractivity contribution in [1.82, 2.24) is 5.32 Å². The van der Waals surface area contributed by atoms with Crippen LogP contribution in [0.4, 0.5) is 10.1 Å². The lowest BCUT2D eigenvalue weighted by Gasteiger charge is -2.27. The summed E-state index contributed by atoms with van der Waals surface area (Å²) in [4.78, 5) is 24.7. The van der Waals surface area contributed by atoms with E-state index in [1.54, 1.807) is 30.3 Å². The van der Waals surface area contributed by atoms with E-state index >= 15 is 0 Å². The van der Waals surface area contributed by atoms with E-state index in [-0.39, 0.29) is 42.7 Å². The maximum Gasteiger partial charge on any atom is 0.262 e. The highest BCUT2D eigenvalue weighted by molar-refractivity contribution is 5.97. The highest BCUT2D eigenvalue weighted by atomic mass is 35.5. The quantitative estimate of drug-likeness (QED) is 0.667. The monoisotopic (exact) mass is 421 g/mol. The first-order valence-electron chi connectivity index (χ1n) is 9.35. The largest absolute Gasteiger partial charge is 0.483 e. The molecule has 1 saturated carbocycles. The molecule has 2 amide bonds. The molecule has 3 rings (SSSR count). The summed E-state index contributed by atoms with van der Waals surface area (Å²) in [6, 6.07) is 12.9. The van der Waals surface area contributed by atoms with Gasteiger partial charge in [-0.3, -0.25) is 9.59 Å². The average molecular weight is 422 g/mol. The highest BCUT2D eigenvalue weighted by Crippen LogP contribution is 2.21. The fourth-order valence-corrected chi connectivity index (χ4v) is 3.20. The first kappa shape index (κ1) is 22.6. The van der Waals surface area contributed by atoms with Crippen molar-refractivity contribution in [2.45, 2.75) is 37.8 Å². The van der Waals surface area contributed by atoms with Crippen LogP contribution in [-0.4, -0.2) is 30.5 Å². The minimum atomic E-state index is -0.525. The molecule has 0 spiro atoms. The van der Waals surface area contributed by atoms with E-state index in [0.717, 1.165) is 25.7 Å². The molecule has 1 fully saturated rings. The van der Waals surface area contributed by atoms with Crippen LogP contribution in [0, 0.1) is 5.82 Å². The van der Waals surface area contributed by atoms with E-state index in [9.17, 15) is 14.0 Å². The van der Waals surface area contributed by atoms with Crippen LogP contribution in [0.15, 0.2) is 48.5 Å². The van der Waals surface area contributed by atoms with Gasteiger partial charge in [-0.15, -0.1) is 12.4 Å². The van der Waals surface area contributed by atoms with Gasteiger partial charge in [-0.05, 0) is 49.9 Å². The van der Waals surface area contributed by atoms with Gasteiger partial charge in [0.2, 0.25) is 0 Å². The van der Waals surface area contributed by atoms with Gasteiger partial charge in [0, 0.05) is 12.1 Å². The number of anilines is 1. The van der Waals surface area contributed by atoms with E-state index in [4.69, 9.17) is 10.5 Å². The lowest BCUT2D eigenvalue weighted by molar-refractivity contribution is -0.118. The molecule has 0 unspecified atom stereocenters. The molecule has 6 nitrogen and oxygen atoms in total. The lowest BCUT2D eigenvalue weighted by Crippen LogP contribution is -2.40. The third-order valence-electron chi connectivity index (χ3n) is 4.75. The Morgan fingerprint density at radius 2 is 1.69 bits per heavy atom. The number of ether oxygens (including phenoxy) is 1. The first-order valence-corrected chi connectivity index (χ1v) is 9.35. The van der Waals surface area contributed by atoms with Gasteiger partial charge in [-0.1, -0.05) is 24.3 Å². The number of carbonyl (C=O) groups excluding carboxylic acids is 2. The Morgan fingerprint density at radius 1 is 1.03 bits per heavy atom. The predicted molar refractivity (Wildman–Crippen MR) is 112 cm³/mol. The maximum absolute atomic E-state index is 13.6. The molecular formula is C21H25ClFN3O3. The number of amides is 2. The SMILES string of the molecule is Cl.NC1CCC(NC(=O)c2ccccc2OCC(=O)Nc2ccccc2F)CC1. The second-order valence-electron chi connectivity index (χ2n) is 6.90. The number of nitrogens with two attached hydrogens (primary N) is 1. The Kier molecular flexibility index (Phi) is 8.42. The molecule has 29 heavy (non-hydrogen) atoms. The Balaban J connectivity index is 0.00000300. The summed E-state index contributed by atoms with van der Waals surface area (Å²) in [6.07, 6.45) is 3.47. The van der Waals surface area contributed by atoms with Crippen molar-refractivity contribution in [2.75, 3.05) is 11.9 Å². The van der Waals surface area contributed by atoms with E-state index in [2.05, 4.69) is 10.6 Å². The van der Waals surface area contributed by atoms with Gasteiger partial charge in [0.05, 0.1) is 11.3 Å². The van der Waals surface area contributed by atoms with E-state index in [1.807, 2.05) is 0 Å². The number of nitrogens with one attached hydrogen (secondary N) is 2. The molecule has 0 saturated heterocycles. The molecule has 0 aliphatic heterocycles. The molecular weight excluding hydrogens is 397 g/mol. The van der Waals surface area contributed by atoms with Gasteiger partial charge in [-0.2, -0.15) is 0 Å². The van der Waals surface area contributed by atoms with Gasteiger partial charge in [0.15, 0.2) is 6.61 Å². The van der Waals surface area contributed by atoms with Gasteiger partial charge >= 0.3 is 0 Å². The zero-order chi connectivity index (χ0) is 19.9. The van der Waals surface area contributed by atoms with Crippen molar-refractivity contribution < 1.29 is 18.7 Å². The molecule has 156 valence electrons. The van der Waals surface area contributed by atoms with Crippen molar-refractivity contribution in [3.8, 4) is 5.75 Å². The van der Waals surface area contributed by atoms with Gasteiger partial charge < -0.3 is 21.1 Å². The molecule has 2 aromatic carbocycles. The fourth-order valence-electron chi connectivity index (χ4n) is 3.20. The number of para-hydroxylation sites is 2. The molecule has 0 bridgehead atoms. The topological polar surface area (TPSA) is 93.4 Å². The molecule has 0 heterocycles. The molecule has 4 N–H and O–H groups in total. The Hall–Kier alpha value is -2.64. The van der Waals surface area contributed by atoms with Crippen LogP contribution in [0.1, 0.15) is 36.0 Å². The summed E-state index contributed by atoms with van der Waals surface area (Å²) in [5.41, 5.74) is 6.34. The summed E-state index contributed by atoms with van der Waals surface area (Å²) < 4.78 is 19.1. The van der Waals surface area contributed by atoms with E-state index in [1.165, 1.54) is 18.2 Å². The van der Waals surface area contributed by atoms with Crippen LogP contribution >= 0.6 is 12.4 Å². The highest BCUT2D eigenvalue weighted by Gasteiger charge is 2.22. The summed E-state index contributed by atoms with van der Waals surface area (Å²) in [6.45, 7) is -0.336. The number of halogens is 2. The zero-order valence-electron chi connectivity index (χ0n) is 15.9. The average Bonchev–Trinajstić information content (AvgIpc) is 2.70. The van der Waals surface area contributed by atoms with Crippen molar-refractivity contribution >= 4 is 29.9 Å². The van der Waals surface area contributed by atoms with E-state index in [0.29, 0.717) is 11.3 Å². The first-order chi connectivity index (χ1) is 13.5. The van der Waals surface area contributed by atoms with Crippen LogP contribution in [0.5, 0.6) is 5.75 Å². The minimum Gasteiger partial charge on any atom is -0.483 e. The number of hydrogen-bond acceptors (Lipinski definition) is 4. The zero-order valence-corrected chi connectivity index (χ0v) is 16.7. The van der Waals surface area contributed by atoms with Gasteiger partial charge in [0.25, 0.3) is 11.8 Å². The Labute approximate surface area is 175 Å². The molecule has 1 aliphatic rings. The number of carbonyl (C=O) groups is 2. The molecule has 0 atom stereocenters. The van der Waals surface area contributed by atoms with Gasteiger partial charge in [0.1, 0.15) is 11.6 Å².